The number of halogens is 1. The van der Waals surface area contributed by atoms with Gasteiger partial charge >= 0.3 is 0 Å². The third-order valence-electron chi connectivity index (χ3n) is 3.03. The third-order valence-corrected chi connectivity index (χ3v) is 3.90. The van der Waals surface area contributed by atoms with Crippen LogP contribution in [0.3, 0.4) is 0 Å². The van der Waals surface area contributed by atoms with Gasteiger partial charge < -0.3 is 4.74 Å². The van der Waals surface area contributed by atoms with Crippen LogP contribution in [0.5, 0.6) is 5.75 Å². The average molecular weight is 343 g/mol. The van der Waals surface area contributed by atoms with Gasteiger partial charge in [-0.3, -0.25) is 10.1 Å². The highest BCUT2D eigenvalue weighted by atomic mass is 28.3. The molecule has 2 rings (SSSR count). The minimum Gasteiger partial charge on any atom is -0.488 e. The SMILES string of the molecule is C[Si](C)(C)C#Cc1cc([N+](=O)[O-])ccc1OCc1cccc(F)c1. The minimum absolute atomic E-state index is 0.0343. The largest absolute Gasteiger partial charge is 0.488 e. The molecule has 0 aromatic heterocycles. The second-order valence-electron chi connectivity index (χ2n) is 6.36. The second kappa shape index (κ2) is 7.28. The molecule has 2 aromatic carbocycles. The summed E-state index contributed by atoms with van der Waals surface area (Å²) in [6, 6.07) is 10.4. The normalized spacial score (nSPS) is 10.7. The number of nitrogens with zero attached hydrogens (tertiary/aromatic N) is 1. The summed E-state index contributed by atoms with van der Waals surface area (Å²) in [5.41, 5.74) is 4.30. The highest BCUT2D eigenvalue weighted by Gasteiger charge is 2.13. The molecule has 0 heterocycles. The molecule has 0 amide bonds. The number of nitro benzene ring substituents is 1. The average Bonchev–Trinajstić information content (AvgIpc) is 2.50. The molecule has 6 heteroatoms. The molecule has 0 aliphatic heterocycles. The third kappa shape index (κ3) is 5.21. The molecule has 2 aromatic rings. The lowest BCUT2D eigenvalue weighted by Crippen LogP contribution is -2.16. The molecule has 0 bridgehead atoms. The number of nitro groups is 1. The summed E-state index contributed by atoms with van der Waals surface area (Å²) in [4.78, 5) is 10.5. The minimum atomic E-state index is -1.64. The van der Waals surface area contributed by atoms with Gasteiger partial charge in [-0.2, -0.15) is 0 Å². The van der Waals surface area contributed by atoms with E-state index in [-0.39, 0.29) is 18.1 Å². The van der Waals surface area contributed by atoms with Crippen LogP contribution in [-0.4, -0.2) is 13.0 Å². The molecule has 124 valence electrons. The predicted molar refractivity (Wildman–Crippen MR) is 94.1 cm³/mol. The van der Waals surface area contributed by atoms with E-state index in [9.17, 15) is 14.5 Å². The summed E-state index contributed by atoms with van der Waals surface area (Å²) in [7, 11) is -1.64. The van der Waals surface area contributed by atoms with Crippen molar-refractivity contribution in [2.75, 3.05) is 0 Å². The van der Waals surface area contributed by atoms with E-state index in [4.69, 9.17) is 4.74 Å². The summed E-state index contributed by atoms with van der Waals surface area (Å²) in [6.07, 6.45) is 0. The Kier molecular flexibility index (Phi) is 5.37. The zero-order valence-electron chi connectivity index (χ0n) is 13.8. The van der Waals surface area contributed by atoms with Crippen LogP contribution in [0, 0.1) is 27.4 Å². The number of non-ortho nitro benzene ring substituents is 1. The maximum absolute atomic E-state index is 13.2. The Labute approximate surface area is 141 Å². The summed E-state index contributed by atoms with van der Waals surface area (Å²) in [5.74, 6) is 3.12. The molecule has 0 saturated carbocycles. The van der Waals surface area contributed by atoms with Gasteiger partial charge in [0.15, 0.2) is 0 Å². The lowest BCUT2D eigenvalue weighted by molar-refractivity contribution is -0.384. The fourth-order valence-corrected chi connectivity index (χ4v) is 2.41. The highest BCUT2D eigenvalue weighted by molar-refractivity contribution is 6.83. The van der Waals surface area contributed by atoms with Crippen LogP contribution in [-0.2, 0) is 6.61 Å². The lowest BCUT2D eigenvalue weighted by atomic mass is 10.2. The molecule has 0 N–H and O–H groups in total. The zero-order chi connectivity index (χ0) is 17.7. The van der Waals surface area contributed by atoms with Crippen LogP contribution >= 0.6 is 0 Å². The Balaban J connectivity index is 2.30. The van der Waals surface area contributed by atoms with Crippen molar-refractivity contribution in [3.8, 4) is 17.2 Å². The molecule has 0 spiro atoms. The quantitative estimate of drug-likeness (QED) is 0.354. The molecular weight excluding hydrogens is 325 g/mol. The number of ether oxygens (including phenoxy) is 1. The molecule has 0 saturated heterocycles. The van der Waals surface area contributed by atoms with Gasteiger partial charge in [0.25, 0.3) is 5.69 Å². The second-order valence-corrected chi connectivity index (χ2v) is 11.1. The van der Waals surface area contributed by atoms with Crippen molar-refractivity contribution in [3.63, 3.8) is 0 Å². The van der Waals surface area contributed by atoms with Gasteiger partial charge in [-0.15, -0.1) is 5.54 Å². The summed E-state index contributed by atoms with van der Waals surface area (Å²) >= 11 is 0. The first-order valence-corrected chi connectivity index (χ1v) is 10.9. The molecule has 4 nitrogen and oxygen atoms in total. The van der Waals surface area contributed by atoms with E-state index in [0.717, 1.165) is 0 Å². The van der Waals surface area contributed by atoms with E-state index in [1.807, 2.05) is 0 Å². The number of hydrogen-bond donors (Lipinski definition) is 0. The van der Waals surface area contributed by atoms with Gasteiger partial charge in [-0.1, -0.05) is 37.7 Å². The predicted octanol–water partition coefficient (Wildman–Crippen LogP) is 4.54. The standard InChI is InChI=1S/C18H18FNO3Si/c1-24(2,3)10-9-15-12-17(20(21)22)7-8-18(15)23-13-14-5-4-6-16(19)11-14/h4-8,11-12H,13H2,1-3H3. The smallest absolute Gasteiger partial charge is 0.270 e. The van der Waals surface area contributed by atoms with E-state index in [0.29, 0.717) is 16.9 Å². The Bertz CT molecular complexity index is 819. The first-order valence-electron chi connectivity index (χ1n) is 7.43. The van der Waals surface area contributed by atoms with Crippen molar-refractivity contribution in [1.29, 1.82) is 0 Å². The molecule has 0 aliphatic carbocycles. The Morgan fingerprint density at radius 2 is 1.96 bits per heavy atom. The van der Waals surface area contributed by atoms with E-state index < -0.39 is 13.0 Å². The van der Waals surface area contributed by atoms with Crippen molar-refractivity contribution < 1.29 is 14.1 Å². The van der Waals surface area contributed by atoms with Gasteiger partial charge in [-0.25, -0.2) is 4.39 Å². The van der Waals surface area contributed by atoms with Crippen LogP contribution in [0.4, 0.5) is 10.1 Å². The fourth-order valence-electron chi connectivity index (χ4n) is 1.90. The molecular formula is C18H18FNO3Si. The molecule has 0 atom stereocenters. The Morgan fingerprint density at radius 1 is 1.21 bits per heavy atom. The van der Waals surface area contributed by atoms with Crippen LogP contribution in [0.1, 0.15) is 11.1 Å². The van der Waals surface area contributed by atoms with Gasteiger partial charge in [0.1, 0.15) is 26.2 Å². The van der Waals surface area contributed by atoms with E-state index in [1.165, 1.54) is 30.3 Å². The number of rotatable bonds is 4. The van der Waals surface area contributed by atoms with Crippen LogP contribution in [0.2, 0.25) is 19.6 Å². The summed E-state index contributed by atoms with van der Waals surface area (Å²) < 4.78 is 18.9. The fraction of sp³-hybridized carbons (Fsp3) is 0.222. The van der Waals surface area contributed by atoms with Crippen molar-refractivity contribution in [1.82, 2.24) is 0 Å². The molecule has 24 heavy (non-hydrogen) atoms. The Hall–Kier alpha value is -2.65. The van der Waals surface area contributed by atoms with E-state index in [1.54, 1.807) is 12.1 Å². The molecule has 0 fully saturated rings. The molecule has 0 radical (unpaired) electrons. The van der Waals surface area contributed by atoms with Gasteiger partial charge in [-0.05, 0) is 23.8 Å². The zero-order valence-corrected chi connectivity index (χ0v) is 14.8. The van der Waals surface area contributed by atoms with Crippen molar-refractivity contribution >= 4 is 13.8 Å². The summed E-state index contributed by atoms with van der Waals surface area (Å²) in [6.45, 7) is 6.43. The molecule has 0 unspecified atom stereocenters. The van der Waals surface area contributed by atoms with E-state index >= 15 is 0 Å². The number of hydrogen-bond acceptors (Lipinski definition) is 3. The highest BCUT2D eigenvalue weighted by Crippen LogP contribution is 2.24. The van der Waals surface area contributed by atoms with Gasteiger partial charge in [0.2, 0.25) is 0 Å². The maximum atomic E-state index is 13.2. The van der Waals surface area contributed by atoms with E-state index in [2.05, 4.69) is 31.1 Å². The first kappa shape index (κ1) is 17.7. The topological polar surface area (TPSA) is 52.4 Å². The van der Waals surface area contributed by atoms with Crippen LogP contribution in [0.15, 0.2) is 42.5 Å². The molecule has 0 aliphatic rings. The lowest BCUT2D eigenvalue weighted by Gasteiger charge is -2.09. The first-order chi connectivity index (χ1) is 11.2. The van der Waals surface area contributed by atoms with Crippen molar-refractivity contribution in [2.24, 2.45) is 0 Å². The van der Waals surface area contributed by atoms with Gasteiger partial charge in [0.05, 0.1) is 10.5 Å². The van der Waals surface area contributed by atoms with Crippen LogP contribution in [0.25, 0.3) is 0 Å². The van der Waals surface area contributed by atoms with Crippen molar-refractivity contribution in [3.05, 3.63) is 69.5 Å². The van der Waals surface area contributed by atoms with Gasteiger partial charge in [0, 0.05) is 12.1 Å². The number of benzene rings is 2. The van der Waals surface area contributed by atoms with Crippen LogP contribution < -0.4 is 4.74 Å². The monoisotopic (exact) mass is 343 g/mol. The van der Waals surface area contributed by atoms with Crippen molar-refractivity contribution in [2.45, 2.75) is 26.2 Å². The maximum Gasteiger partial charge on any atom is 0.270 e. The summed E-state index contributed by atoms with van der Waals surface area (Å²) in [5, 5.41) is 11.0. The Morgan fingerprint density at radius 3 is 2.58 bits per heavy atom.